The number of sulfone groups is 1. The number of rotatable bonds is 8. The molecule has 3 aromatic heterocycles. The molecule has 10 nitrogen and oxygen atoms in total. The number of hydrogen-bond acceptors (Lipinski definition) is 8. The van der Waals surface area contributed by atoms with E-state index in [0.717, 1.165) is 11.1 Å². The normalized spacial score (nSPS) is 12.7. The van der Waals surface area contributed by atoms with Crippen LogP contribution in [0.2, 0.25) is 0 Å². The Hall–Kier alpha value is -4.64. The number of aromatic nitrogens is 5. The molecule has 1 unspecified atom stereocenters. The predicted molar refractivity (Wildman–Crippen MR) is 160 cm³/mol. The molecule has 0 saturated carbocycles. The number of carbonyl (C=O) groups excluding carboxylic acids is 1. The summed E-state index contributed by atoms with van der Waals surface area (Å²) in [5.41, 5.74) is 3.08. The fourth-order valence-electron chi connectivity index (χ4n) is 4.46. The van der Waals surface area contributed by atoms with Gasteiger partial charge in [-0.15, -0.1) is 0 Å². The summed E-state index contributed by atoms with van der Waals surface area (Å²) in [7, 11) is -3.76. The van der Waals surface area contributed by atoms with Crippen molar-refractivity contribution >= 4 is 32.3 Å². The van der Waals surface area contributed by atoms with Crippen LogP contribution in [0.4, 0.5) is 5.69 Å². The lowest BCUT2D eigenvalue weighted by molar-refractivity contribution is -0.115. The van der Waals surface area contributed by atoms with Crippen LogP contribution in [0.3, 0.4) is 0 Å². The van der Waals surface area contributed by atoms with Crippen molar-refractivity contribution in [3.63, 3.8) is 0 Å². The van der Waals surface area contributed by atoms with Gasteiger partial charge in [-0.3, -0.25) is 14.5 Å². The Kier molecular flexibility index (Phi) is 7.79. The molecule has 0 spiro atoms. The number of pyridine rings is 1. The topological polar surface area (TPSA) is 129 Å². The maximum atomic E-state index is 13.4. The van der Waals surface area contributed by atoms with Crippen LogP contribution in [0.1, 0.15) is 49.8 Å². The van der Waals surface area contributed by atoms with Gasteiger partial charge in [-0.05, 0) is 88.2 Å². The summed E-state index contributed by atoms with van der Waals surface area (Å²) in [6, 6.07) is 15.3. The average Bonchev–Trinajstić information content (AvgIpc) is 3.43. The molecule has 0 bridgehead atoms. The fourth-order valence-corrected chi connectivity index (χ4v) is 5.85. The van der Waals surface area contributed by atoms with E-state index in [2.05, 4.69) is 25.6 Å². The van der Waals surface area contributed by atoms with E-state index in [4.69, 9.17) is 4.74 Å². The van der Waals surface area contributed by atoms with Crippen molar-refractivity contribution in [3.8, 4) is 11.5 Å². The standard InChI is InChI=1S/C31H32N6O4S/c1-20-15-22(16-30(38)35-23-18-34-37(19-23)31(3,4)5)8-11-28(20)41-29-12-14-32-27-10-9-24(17-25(27)29)42(39,40)21(2)26-7-6-13-33-36-26/h6-15,17-19,21H,16H2,1-5H3,(H,35,38). The lowest BCUT2D eigenvalue weighted by Gasteiger charge is -2.18. The largest absolute Gasteiger partial charge is 0.456 e. The van der Waals surface area contributed by atoms with E-state index in [0.29, 0.717) is 33.8 Å². The van der Waals surface area contributed by atoms with Crippen molar-refractivity contribution in [1.29, 1.82) is 0 Å². The number of hydrogen-bond donors (Lipinski definition) is 1. The van der Waals surface area contributed by atoms with Gasteiger partial charge in [-0.2, -0.15) is 15.3 Å². The van der Waals surface area contributed by atoms with Crippen molar-refractivity contribution < 1.29 is 17.9 Å². The minimum atomic E-state index is -3.76. The molecule has 3 heterocycles. The summed E-state index contributed by atoms with van der Waals surface area (Å²) in [6.45, 7) is 9.60. The van der Waals surface area contributed by atoms with Gasteiger partial charge in [-0.1, -0.05) is 12.1 Å². The molecule has 2 aromatic carbocycles. The van der Waals surface area contributed by atoms with Crippen molar-refractivity contribution in [1.82, 2.24) is 25.0 Å². The van der Waals surface area contributed by atoms with E-state index in [9.17, 15) is 13.2 Å². The van der Waals surface area contributed by atoms with Gasteiger partial charge in [0.15, 0.2) is 9.84 Å². The first-order valence-electron chi connectivity index (χ1n) is 13.4. The second-order valence-corrected chi connectivity index (χ2v) is 13.4. The zero-order valence-corrected chi connectivity index (χ0v) is 24.9. The van der Waals surface area contributed by atoms with Gasteiger partial charge in [0.25, 0.3) is 0 Å². The first-order chi connectivity index (χ1) is 19.9. The number of fused-ring (bicyclic) bond motifs is 1. The Morgan fingerprint density at radius 3 is 2.55 bits per heavy atom. The second-order valence-electron chi connectivity index (χ2n) is 11.1. The van der Waals surface area contributed by atoms with Crippen LogP contribution >= 0.6 is 0 Å². The molecule has 0 radical (unpaired) electrons. The van der Waals surface area contributed by atoms with Crippen LogP contribution < -0.4 is 10.1 Å². The molecule has 5 aromatic rings. The third kappa shape index (κ3) is 6.15. The van der Waals surface area contributed by atoms with Gasteiger partial charge in [0.05, 0.1) is 40.0 Å². The number of nitrogens with zero attached hydrogens (tertiary/aromatic N) is 5. The molecule has 5 rings (SSSR count). The monoisotopic (exact) mass is 584 g/mol. The molecule has 11 heteroatoms. The number of benzene rings is 2. The minimum Gasteiger partial charge on any atom is -0.456 e. The summed E-state index contributed by atoms with van der Waals surface area (Å²) in [4.78, 5) is 17.2. The van der Waals surface area contributed by atoms with E-state index in [-0.39, 0.29) is 22.8 Å². The molecule has 0 fully saturated rings. The van der Waals surface area contributed by atoms with Gasteiger partial charge in [0.1, 0.15) is 16.7 Å². The van der Waals surface area contributed by atoms with Crippen LogP contribution in [0.15, 0.2) is 84.3 Å². The van der Waals surface area contributed by atoms with E-state index in [1.807, 2.05) is 46.0 Å². The molecule has 0 saturated heterocycles. The maximum Gasteiger partial charge on any atom is 0.228 e. The summed E-state index contributed by atoms with van der Waals surface area (Å²) < 4.78 is 34.9. The summed E-state index contributed by atoms with van der Waals surface area (Å²) in [5, 5.41) is 14.7. The third-order valence-electron chi connectivity index (χ3n) is 6.85. The Labute approximate surface area is 244 Å². The number of carbonyl (C=O) groups is 1. The van der Waals surface area contributed by atoms with Crippen molar-refractivity contribution in [2.45, 2.75) is 56.7 Å². The minimum absolute atomic E-state index is 0.136. The quantitative estimate of drug-likeness (QED) is 0.243. The zero-order valence-electron chi connectivity index (χ0n) is 24.1. The highest BCUT2D eigenvalue weighted by Gasteiger charge is 2.27. The second kappa shape index (κ2) is 11.3. The number of anilines is 1. The Morgan fingerprint density at radius 1 is 1.05 bits per heavy atom. The number of aryl methyl sites for hydroxylation is 1. The molecule has 0 aliphatic rings. The lowest BCUT2D eigenvalue weighted by atomic mass is 10.1. The van der Waals surface area contributed by atoms with Crippen molar-refractivity contribution in [2.24, 2.45) is 0 Å². The van der Waals surface area contributed by atoms with E-state index in [1.165, 1.54) is 6.20 Å². The highest BCUT2D eigenvalue weighted by Crippen LogP contribution is 2.35. The number of ether oxygens (including phenoxy) is 1. The van der Waals surface area contributed by atoms with E-state index in [1.54, 1.807) is 66.5 Å². The molecular weight excluding hydrogens is 552 g/mol. The lowest BCUT2D eigenvalue weighted by Crippen LogP contribution is -2.22. The van der Waals surface area contributed by atoms with Crippen molar-refractivity contribution in [2.75, 3.05) is 5.32 Å². The molecule has 0 aliphatic heterocycles. The predicted octanol–water partition coefficient (Wildman–Crippen LogP) is 5.79. The Balaban J connectivity index is 1.34. The Morgan fingerprint density at radius 2 is 1.86 bits per heavy atom. The highest BCUT2D eigenvalue weighted by atomic mass is 32.2. The summed E-state index contributed by atoms with van der Waals surface area (Å²) in [5.74, 6) is 0.897. The van der Waals surface area contributed by atoms with Gasteiger partial charge < -0.3 is 10.1 Å². The fraction of sp³-hybridized carbons (Fsp3) is 0.258. The zero-order chi connectivity index (χ0) is 30.1. The molecule has 42 heavy (non-hydrogen) atoms. The average molecular weight is 585 g/mol. The molecule has 0 aliphatic carbocycles. The van der Waals surface area contributed by atoms with Crippen LogP contribution in [0, 0.1) is 6.92 Å². The van der Waals surface area contributed by atoms with Crippen LogP contribution in [-0.4, -0.2) is 39.3 Å². The SMILES string of the molecule is Cc1cc(CC(=O)Nc2cnn(C(C)(C)C)c2)ccc1Oc1ccnc2ccc(S(=O)(=O)C(C)c3cccnn3)cc12. The van der Waals surface area contributed by atoms with Crippen LogP contribution in [-0.2, 0) is 26.6 Å². The molecule has 1 amide bonds. The Bertz CT molecular complexity index is 1860. The van der Waals surface area contributed by atoms with Crippen LogP contribution in [0.5, 0.6) is 11.5 Å². The summed E-state index contributed by atoms with van der Waals surface area (Å²) in [6.07, 6.45) is 6.75. The van der Waals surface area contributed by atoms with Gasteiger partial charge >= 0.3 is 0 Å². The molecule has 1 N–H and O–H groups in total. The van der Waals surface area contributed by atoms with E-state index < -0.39 is 15.1 Å². The molecular formula is C31H32N6O4S. The van der Waals surface area contributed by atoms with Crippen LogP contribution in [0.25, 0.3) is 10.9 Å². The summed E-state index contributed by atoms with van der Waals surface area (Å²) >= 11 is 0. The number of nitrogens with one attached hydrogen (secondary N) is 1. The van der Waals surface area contributed by atoms with Gasteiger partial charge in [0.2, 0.25) is 5.91 Å². The van der Waals surface area contributed by atoms with E-state index >= 15 is 0 Å². The van der Waals surface area contributed by atoms with Crippen molar-refractivity contribution in [3.05, 3.63) is 96.2 Å². The molecule has 216 valence electrons. The van der Waals surface area contributed by atoms with Gasteiger partial charge in [-0.25, -0.2) is 8.42 Å². The first kappa shape index (κ1) is 28.9. The third-order valence-corrected chi connectivity index (χ3v) is 8.94. The first-order valence-corrected chi connectivity index (χ1v) is 15.0. The smallest absolute Gasteiger partial charge is 0.228 e. The van der Waals surface area contributed by atoms with Gasteiger partial charge in [0, 0.05) is 24.0 Å². The number of amides is 1. The maximum absolute atomic E-state index is 13.4. The highest BCUT2D eigenvalue weighted by molar-refractivity contribution is 7.91. The molecule has 1 atom stereocenters.